The highest BCUT2D eigenvalue weighted by Crippen LogP contribution is 2.12. The molecule has 1 aliphatic rings. The summed E-state index contributed by atoms with van der Waals surface area (Å²) in [5.41, 5.74) is 0. The van der Waals surface area contributed by atoms with Gasteiger partial charge in [-0.25, -0.2) is 0 Å². The van der Waals surface area contributed by atoms with Crippen LogP contribution in [0.2, 0.25) is 0 Å². The summed E-state index contributed by atoms with van der Waals surface area (Å²) in [7, 11) is 1.76. The van der Waals surface area contributed by atoms with E-state index in [2.05, 4.69) is 0 Å². The molecule has 1 fully saturated rings. The van der Waals surface area contributed by atoms with Crippen LogP contribution in [0.3, 0.4) is 0 Å². The summed E-state index contributed by atoms with van der Waals surface area (Å²) in [6.07, 6.45) is 2.38. The molecule has 0 saturated carbocycles. The number of likely N-dealkylation sites (N-methyl/N-ethyl adjacent to an activating group) is 1. The number of carbonyl (C=O) groups excluding carboxylic acids is 1. The Hall–Kier alpha value is -0.280. The van der Waals surface area contributed by atoms with Crippen molar-refractivity contribution in [3.05, 3.63) is 0 Å². The minimum Gasteiger partial charge on any atom is -0.376 e. The maximum Gasteiger partial charge on any atom is 0.237 e. The Kier molecular flexibility index (Phi) is 3.82. The van der Waals surface area contributed by atoms with E-state index < -0.39 is 0 Å². The first-order chi connectivity index (χ1) is 5.74. The molecule has 1 saturated heterocycles. The SMILES string of the molecule is CN(C[C@@H]1CCCO1)C(=O)CCl. The van der Waals surface area contributed by atoms with E-state index in [-0.39, 0.29) is 17.9 Å². The van der Waals surface area contributed by atoms with E-state index >= 15 is 0 Å². The third-order valence-corrected chi connectivity index (χ3v) is 2.27. The molecule has 1 atom stereocenters. The summed E-state index contributed by atoms with van der Waals surface area (Å²) in [5.74, 6) is 0.0237. The number of carbonyl (C=O) groups is 1. The maximum absolute atomic E-state index is 11.0. The molecule has 0 N–H and O–H groups in total. The van der Waals surface area contributed by atoms with Crippen molar-refractivity contribution in [2.75, 3.05) is 26.1 Å². The average Bonchev–Trinajstić information content (AvgIpc) is 2.55. The van der Waals surface area contributed by atoms with Crippen molar-refractivity contribution in [2.45, 2.75) is 18.9 Å². The summed E-state index contributed by atoms with van der Waals surface area (Å²) in [4.78, 5) is 12.7. The lowest BCUT2D eigenvalue weighted by Gasteiger charge is -2.19. The fraction of sp³-hybridized carbons (Fsp3) is 0.875. The van der Waals surface area contributed by atoms with Gasteiger partial charge in [0.1, 0.15) is 5.88 Å². The van der Waals surface area contributed by atoms with E-state index in [9.17, 15) is 4.79 Å². The van der Waals surface area contributed by atoms with E-state index in [0.717, 1.165) is 19.4 Å². The average molecular weight is 192 g/mol. The number of ether oxygens (including phenoxy) is 1. The Bertz CT molecular complexity index is 157. The minimum absolute atomic E-state index is 0.0350. The minimum atomic E-state index is -0.0350. The third-order valence-electron chi connectivity index (χ3n) is 2.04. The second-order valence-electron chi connectivity index (χ2n) is 3.04. The number of alkyl halides is 1. The van der Waals surface area contributed by atoms with E-state index in [1.165, 1.54) is 0 Å². The monoisotopic (exact) mass is 191 g/mol. The number of hydrogen-bond donors (Lipinski definition) is 0. The van der Waals surface area contributed by atoms with E-state index in [0.29, 0.717) is 6.54 Å². The lowest BCUT2D eigenvalue weighted by atomic mass is 10.2. The third kappa shape index (κ3) is 2.64. The van der Waals surface area contributed by atoms with Gasteiger partial charge in [0.15, 0.2) is 0 Å². The predicted molar refractivity (Wildman–Crippen MR) is 47.3 cm³/mol. The summed E-state index contributed by atoms with van der Waals surface area (Å²) in [6.45, 7) is 1.50. The van der Waals surface area contributed by atoms with Crippen molar-refractivity contribution >= 4 is 17.5 Å². The standard InChI is InChI=1S/C8H14ClNO2/c1-10(8(11)5-9)6-7-3-2-4-12-7/h7H,2-6H2,1H3/t7-/m0/s1. The molecule has 0 aromatic heterocycles. The van der Waals surface area contributed by atoms with E-state index in [4.69, 9.17) is 16.3 Å². The number of amides is 1. The fourth-order valence-electron chi connectivity index (χ4n) is 1.30. The largest absolute Gasteiger partial charge is 0.376 e. The van der Waals surface area contributed by atoms with Gasteiger partial charge in [-0.05, 0) is 12.8 Å². The Morgan fingerprint density at radius 3 is 3.00 bits per heavy atom. The van der Waals surface area contributed by atoms with Gasteiger partial charge < -0.3 is 9.64 Å². The molecule has 1 heterocycles. The first-order valence-corrected chi connectivity index (χ1v) is 4.69. The van der Waals surface area contributed by atoms with Gasteiger partial charge in [0.05, 0.1) is 6.10 Å². The number of nitrogens with zero attached hydrogens (tertiary/aromatic N) is 1. The van der Waals surface area contributed by atoms with Crippen molar-refractivity contribution in [3.8, 4) is 0 Å². The Balaban J connectivity index is 2.24. The zero-order chi connectivity index (χ0) is 8.97. The molecule has 0 unspecified atom stereocenters. The lowest BCUT2D eigenvalue weighted by molar-refractivity contribution is -0.128. The molecule has 1 aliphatic heterocycles. The summed E-state index contributed by atoms with van der Waals surface area (Å²) in [5, 5.41) is 0. The summed E-state index contributed by atoms with van der Waals surface area (Å²) < 4.78 is 5.38. The van der Waals surface area contributed by atoms with E-state index in [1.54, 1.807) is 11.9 Å². The number of rotatable bonds is 3. The predicted octanol–water partition coefficient (Wildman–Crippen LogP) is 0.863. The zero-order valence-electron chi connectivity index (χ0n) is 7.25. The Morgan fingerprint density at radius 1 is 1.75 bits per heavy atom. The van der Waals surface area contributed by atoms with Crippen LogP contribution >= 0.6 is 11.6 Å². The molecule has 3 nitrogen and oxygen atoms in total. The van der Waals surface area contributed by atoms with Gasteiger partial charge in [-0.3, -0.25) is 4.79 Å². The second-order valence-corrected chi connectivity index (χ2v) is 3.31. The van der Waals surface area contributed by atoms with Gasteiger partial charge in [0.2, 0.25) is 5.91 Å². The van der Waals surface area contributed by atoms with Crippen LogP contribution in [0.5, 0.6) is 0 Å². The molecule has 0 spiro atoms. The topological polar surface area (TPSA) is 29.5 Å². The van der Waals surface area contributed by atoms with E-state index in [1.807, 2.05) is 0 Å². The van der Waals surface area contributed by atoms with Crippen LogP contribution in [0.15, 0.2) is 0 Å². The summed E-state index contributed by atoms with van der Waals surface area (Å²) >= 11 is 5.40. The molecular weight excluding hydrogens is 178 g/mol. The molecule has 1 amide bonds. The number of halogens is 1. The molecule has 0 bridgehead atoms. The van der Waals surface area contributed by atoms with Gasteiger partial charge >= 0.3 is 0 Å². The highest BCUT2D eigenvalue weighted by Gasteiger charge is 2.19. The van der Waals surface area contributed by atoms with Crippen LogP contribution in [-0.2, 0) is 9.53 Å². The fourth-order valence-corrected chi connectivity index (χ4v) is 1.50. The van der Waals surface area contributed by atoms with Crippen LogP contribution < -0.4 is 0 Å². The highest BCUT2D eigenvalue weighted by molar-refractivity contribution is 6.27. The quantitative estimate of drug-likeness (QED) is 0.620. The van der Waals surface area contributed by atoms with Crippen LogP contribution in [0.4, 0.5) is 0 Å². The van der Waals surface area contributed by atoms with Gasteiger partial charge in [-0.2, -0.15) is 0 Å². The molecule has 0 aromatic carbocycles. The van der Waals surface area contributed by atoms with Gasteiger partial charge in [0.25, 0.3) is 0 Å². The molecule has 0 aromatic rings. The maximum atomic E-state index is 11.0. The van der Waals surface area contributed by atoms with Crippen molar-refractivity contribution in [3.63, 3.8) is 0 Å². The molecule has 1 rings (SSSR count). The van der Waals surface area contributed by atoms with Crippen LogP contribution in [0.1, 0.15) is 12.8 Å². The zero-order valence-corrected chi connectivity index (χ0v) is 8.01. The first-order valence-electron chi connectivity index (χ1n) is 4.15. The number of hydrogen-bond acceptors (Lipinski definition) is 2. The molecule has 70 valence electrons. The molecular formula is C8H14ClNO2. The van der Waals surface area contributed by atoms with Crippen molar-refractivity contribution in [1.29, 1.82) is 0 Å². The Morgan fingerprint density at radius 2 is 2.50 bits per heavy atom. The molecule has 12 heavy (non-hydrogen) atoms. The molecule has 4 heteroatoms. The summed E-state index contributed by atoms with van der Waals surface area (Å²) in [6, 6.07) is 0. The molecule has 0 aliphatic carbocycles. The van der Waals surface area contributed by atoms with Gasteiger partial charge in [-0.15, -0.1) is 11.6 Å². The lowest BCUT2D eigenvalue weighted by Crippen LogP contribution is -2.34. The van der Waals surface area contributed by atoms with Gasteiger partial charge in [0, 0.05) is 20.2 Å². The van der Waals surface area contributed by atoms with Crippen LogP contribution in [-0.4, -0.2) is 43.0 Å². The van der Waals surface area contributed by atoms with Crippen molar-refractivity contribution in [1.82, 2.24) is 4.90 Å². The van der Waals surface area contributed by atoms with Crippen molar-refractivity contribution in [2.24, 2.45) is 0 Å². The first kappa shape index (κ1) is 9.81. The van der Waals surface area contributed by atoms with Gasteiger partial charge in [-0.1, -0.05) is 0 Å². The normalized spacial score (nSPS) is 22.7. The van der Waals surface area contributed by atoms with Crippen molar-refractivity contribution < 1.29 is 9.53 Å². The molecule has 0 radical (unpaired) electrons. The Labute approximate surface area is 77.6 Å². The van der Waals surface area contributed by atoms with Crippen LogP contribution in [0.25, 0.3) is 0 Å². The second kappa shape index (κ2) is 4.67. The highest BCUT2D eigenvalue weighted by atomic mass is 35.5. The van der Waals surface area contributed by atoms with Crippen LogP contribution in [0, 0.1) is 0 Å². The smallest absolute Gasteiger partial charge is 0.237 e.